The number of hydrogen-bond donors (Lipinski definition) is 2. The smallest absolute Gasteiger partial charge is 0.368 e. The Bertz CT molecular complexity index is 19.8. The minimum Gasteiger partial charge on any atom is -0.368 e. The van der Waals surface area contributed by atoms with Gasteiger partial charge in [0.05, 0.1) is 0 Å². The van der Waals surface area contributed by atoms with E-state index in [0.717, 1.165) is 0 Å². The molecule has 0 aromatic rings. The maximum atomic E-state index is 7.61. The Hall–Kier alpha value is 1.17. The van der Waals surface area contributed by atoms with E-state index in [1.165, 1.54) is 6.92 Å². The maximum absolute atomic E-state index is 7.61. The van der Waals surface area contributed by atoms with E-state index in [4.69, 9.17) is 10.2 Å². The molecule has 2 nitrogen and oxygen atoms in total. The molecule has 12 heavy (non-hydrogen) atoms. The van der Waals surface area contributed by atoms with Gasteiger partial charge in [0.25, 0.3) is 0 Å². The van der Waals surface area contributed by atoms with Gasteiger partial charge in [0, 0.05) is 0 Å². The molecule has 0 bridgehead atoms. The first-order chi connectivity index (χ1) is 1.73. The van der Waals surface area contributed by atoms with Gasteiger partial charge in [-0.15, -0.1) is 0 Å². The summed E-state index contributed by atoms with van der Waals surface area (Å²) in [6, 6.07) is 0. The standard InChI is InChI=1S/C2H6O2.6CH3.2Rh/c1-2(3)4;;;;;;;;/h2-4H,1H3;6*1H3;;/q;6*-1;2*+3. The van der Waals surface area contributed by atoms with Crippen molar-refractivity contribution in [3.63, 3.8) is 0 Å². The third-order valence-electron chi connectivity index (χ3n) is 0. The molecule has 0 aromatic heterocycles. The largest absolute Gasteiger partial charge is 3.00 e. The summed E-state index contributed by atoms with van der Waals surface area (Å²) < 4.78 is 0. The van der Waals surface area contributed by atoms with Crippen LogP contribution in [0.5, 0.6) is 0 Å². The molecule has 0 aromatic carbocycles. The Balaban J connectivity index is -0.00000000161. The fourth-order valence-corrected chi connectivity index (χ4v) is 0. The normalized spacial score (nSPS) is 3.00. The number of hydrogen-bond acceptors (Lipinski definition) is 2. The van der Waals surface area contributed by atoms with Crippen molar-refractivity contribution in [2.24, 2.45) is 0 Å². The van der Waals surface area contributed by atoms with Crippen molar-refractivity contribution in [1.29, 1.82) is 0 Å². The second kappa shape index (κ2) is 87.4. The van der Waals surface area contributed by atoms with Gasteiger partial charge in [0.1, 0.15) is 6.29 Å². The van der Waals surface area contributed by atoms with Crippen molar-refractivity contribution in [2.75, 3.05) is 0 Å². The fourth-order valence-electron chi connectivity index (χ4n) is 0. The van der Waals surface area contributed by atoms with Crippen molar-refractivity contribution in [1.82, 2.24) is 0 Å². The summed E-state index contributed by atoms with van der Waals surface area (Å²) in [5, 5.41) is 15.2. The molecule has 0 unspecified atom stereocenters. The Kier molecular flexibility index (Phi) is 817. The minimum absolute atomic E-state index is 0. The fraction of sp³-hybridized carbons (Fsp3) is 0.250. The van der Waals surface area contributed by atoms with Crippen molar-refractivity contribution < 1.29 is 49.2 Å². The summed E-state index contributed by atoms with van der Waals surface area (Å²) in [5.41, 5.74) is 0. The van der Waals surface area contributed by atoms with E-state index in [-0.39, 0.29) is 83.5 Å². The van der Waals surface area contributed by atoms with Crippen LogP contribution in [0.25, 0.3) is 0 Å². The van der Waals surface area contributed by atoms with Gasteiger partial charge in [-0.05, 0) is 6.92 Å². The maximum Gasteiger partial charge on any atom is 3.00 e. The van der Waals surface area contributed by atoms with Gasteiger partial charge in [-0.3, -0.25) is 0 Å². The van der Waals surface area contributed by atoms with Crippen LogP contribution >= 0.6 is 0 Å². The summed E-state index contributed by atoms with van der Waals surface area (Å²) in [5.74, 6) is 0. The molecule has 0 aliphatic heterocycles. The quantitative estimate of drug-likeness (QED) is 0.395. The predicted octanol–water partition coefficient (Wildman–Crippen LogP) is 2.01. The van der Waals surface area contributed by atoms with E-state index in [0.29, 0.717) is 0 Å². The molecule has 0 aliphatic carbocycles. The van der Waals surface area contributed by atoms with Crippen molar-refractivity contribution >= 4 is 0 Å². The van der Waals surface area contributed by atoms with Crippen molar-refractivity contribution in [3.05, 3.63) is 44.6 Å². The first kappa shape index (κ1) is 112. The van der Waals surface area contributed by atoms with Gasteiger partial charge in [0.2, 0.25) is 0 Å². The molecule has 0 atom stereocenters. The zero-order valence-electron chi connectivity index (χ0n) is 9.14. The van der Waals surface area contributed by atoms with E-state index in [9.17, 15) is 0 Å². The first-order valence-corrected chi connectivity index (χ1v) is 1.09. The van der Waals surface area contributed by atoms with E-state index < -0.39 is 6.29 Å². The Labute approximate surface area is 107 Å². The van der Waals surface area contributed by atoms with Crippen LogP contribution in [0.2, 0.25) is 0 Å². The third kappa shape index (κ3) is 848. The molecule has 0 spiro atoms. The second-order valence-electron chi connectivity index (χ2n) is 0.632. The van der Waals surface area contributed by atoms with Crippen molar-refractivity contribution in [2.45, 2.75) is 13.2 Å². The molecule has 0 rings (SSSR count). The van der Waals surface area contributed by atoms with Gasteiger partial charge in [-0.1, -0.05) is 0 Å². The summed E-state index contributed by atoms with van der Waals surface area (Å²) >= 11 is 0. The number of aliphatic hydroxyl groups excluding tert-OH is 1. The van der Waals surface area contributed by atoms with Gasteiger partial charge in [-0.25, -0.2) is 0 Å². The van der Waals surface area contributed by atoms with Crippen LogP contribution in [0.4, 0.5) is 0 Å². The van der Waals surface area contributed by atoms with Gasteiger partial charge < -0.3 is 54.8 Å². The van der Waals surface area contributed by atoms with E-state index in [1.54, 1.807) is 0 Å². The van der Waals surface area contributed by atoms with Gasteiger partial charge in [-0.2, -0.15) is 0 Å². The molecule has 0 heterocycles. The minimum atomic E-state index is -1.17. The van der Waals surface area contributed by atoms with Crippen LogP contribution in [0.1, 0.15) is 6.92 Å². The van der Waals surface area contributed by atoms with E-state index >= 15 is 0 Å². The van der Waals surface area contributed by atoms with Crippen LogP contribution < -0.4 is 0 Å². The molecule has 0 saturated heterocycles. The molecule has 0 radical (unpaired) electrons. The Morgan fingerprint density at radius 2 is 0.667 bits per heavy atom. The Morgan fingerprint density at radius 1 is 0.667 bits per heavy atom. The first-order valence-electron chi connectivity index (χ1n) is 1.09. The van der Waals surface area contributed by atoms with Crippen LogP contribution in [0.15, 0.2) is 0 Å². The van der Waals surface area contributed by atoms with Crippen LogP contribution in [-0.2, 0) is 39.0 Å². The van der Waals surface area contributed by atoms with E-state index in [2.05, 4.69) is 0 Å². The predicted molar refractivity (Wildman–Crippen MR) is 52.4 cm³/mol. The molecular weight excluding hydrogens is 334 g/mol. The second-order valence-corrected chi connectivity index (χ2v) is 0.632. The number of rotatable bonds is 0. The van der Waals surface area contributed by atoms with Gasteiger partial charge in [0.15, 0.2) is 0 Å². The average molecular weight is 358 g/mol. The van der Waals surface area contributed by atoms with E-state index in [1.807, 2.05) is 0 Å². The molecule has 0 saturated carbocycles. The monoisotopic (exact) mass is 358 g/mol. The Morgan fingerprint density at radius 3 is 0.667 bits per heavy atom. The topological polar surface area (TPSA) is 40.5 Å². The SMILES string of the molecule is CC(O)O.[CH3-].[CH3-].[CH3-].[CH3-].[CH3-].[CH3-].[Rh+3].[Rh+3]. The summed E-state index contributed by atoms with van der Waals surface area (Å²) in [6.45, 7) is 1.28. The zero-order valence-corrected chi connectivity index (χ0v) is 12.4. The molecule has 86 valence electrons. The molecule has 4 heteroatoms. The summed E-state index contributed by atoms with van der Waals surface area (Å²) in [4.78, 5) is 0. The molecule has 0 aliphatic rings. The summed E-state index contributed by atoms with van der Waals surface area (Å²) in [7, 11) is 0. The molecule has 2 N–H and O–H groups in total. The molecule has 0 amide bonds. The van der Waals surface area contributed by atoms with Crippen LogP contribution in [0.3, 0.4) is 0 Å². The van der Waals surface area contributed by atoms with Crippen LogP contribution in [0, 0.1) is 44.6 Å². The van der Waals surface area contributed by atoms with Crippen molar-refractivity contribution in [3.8, 4) is 0 Å². The molecule has 0 fully saturated rings. The summed E-state index contributed by atoms with van der Waals surface area (Å²) in [6.07, 6.45) is -1.17. The number of aliphatic hydroxyl groups is 2. The van der Waals surface area contributed by atoms with Gasteiger partial charge >= 0.3 is 39.0 Å². The van der Waals surface area contributed by atoms with Crippen LogP contribution in [-0.4, -0.2) is 16.5 Å². The average Bonchev–Trinajstić information content (AvgIpc) is 0.811. The molecular formula is C8H24O2Rh2. The third-order valence-corrected chi connectivity index (χ3v) is 0. The zero-order chi connectivity index (χ0) is 3.58.